The summed E-state index contributed by atoms with van der Waals surface area (Å²) in [6, 6.07) is 16.1. The number of nitrogens with one attached hydrogen (secondary N) is 2. The highest BCUT2D eigenvalue weighted by Gasteiger charge is 2.10. The van der Waals surface area contributed by atoms with E-state index in [0.717, 1.165) is 16.7 Å². The van der Waals surface area contributed by atoms with Gasteiger partial charge >= 0.3 is 0 Å². The Bertz CT molecular complexity index is 1200. The first-order valence-corrected chi connectivity index (χ1v) is 10.2. The molecule has 0 unspecified atom stereocenters. The van der Waals surface area contributed by atoms with E-state index in [2.05, 4.69) is 15.7 Å². The minimum atomic E-state index is -0.486. The van der Waals surface area contributed by atoms with Crippen LogP contribution in [0.1, 0.15) is 17.7 Å². The molecule has 8 heteroatoms. The van der Waals surface area contributed by atoms with Crippen LogP contribution in [-0.4, -0.2) is 15.7 Å². The summed E-state index contributed by atoms with van der Waals surface area (Å²) in [5.74, 6) is 0.444. The number of carbonyl (C=O) groups excluding carboxylic acids is 1. The lowest BCUT2D eigenvalue weighted by atomic mass is 10.1. The lowest BCUT2D eigenvalue weighted by Gasteiger charge is -2.11. The second-order valence-electron chi connectivity index (χ2n) is 7.47. The maximum atomic E-state index is 14.2. The summed E-state index contributed by atoms with van der Waals surface area (Å²) in [4.78, 5) is 12.2. The smallest absolute Gasteiger partial charge is 0.224 e. The predicted octanol–water partition coefficient (Wildman–Crippen LogP) is 4.58. The van der Waals surface area contributed by atoms with Gasteiger partial charge in [0.1, 0.15) is 11.6 Å². The van der Waals surface area contributed by atoms with E-state index in [9.17, 15) is 9.18 Å². The van der Waals surface area contributed by atoms with Crippen LogP contribution in [0.15, 0.2) is 71.5 Å². The number of benzene rings is 2. The average Bonchev–Trinajstić information content (AvgIpc) is 3.42. The van der Waals surface area contributed by atoms with Gasteiger partial charge in [0.25, 0.3) is 0 Å². The number of nitrogen functional groups attached to an aromatic ring is 1. The maximum absolute atomic E-state index is 14.2. The van der Waals surface area contributed by atoms with Gasteiger partial charge in [-0.1, -0.05) is 24.3 Å². The molecule has 0 atom stereocenters. The minimum absolute atomic E-state index is 0.141. The molecule has 0 aliphatic heterocycles. The van der Waals surface area contributed by atoms with Crippen molar-refractivity contribution in [3.8, 4) is 11.1 Å². The molecule has 0 saturated carbocycles. The molecule has 0 aliphatic rings. The fraction of sp³-hybridized carbons (Fsp3) is 0.167. The number of hydrogen-bond donors (Lipinski definition) is 3. The molecule has 4 rings (SSSR count). The van der Waals surface area contributed by atoms with E-state index in [1.165, 1.54) is 6.07 Å². The summed E-state index contributed by atoms with van der Waals surface area (Å²) in [6.45, 7) is 0.542. The largest absolute Gasteiger partial charge is 0.469 e. The second kappa shape index (κ2) is 9.38. The Hall–Kier alpha value is -4.07. The Kier molecular flexibility index (Phi) is 6.21. The average molecular weight is 433 g/mol. The third kappa shape index (κ3) is 5.15. The molecule has 0 aliphatic carbocycles. The molecule has 0 saturated heterocycles. The van der Waals surface area contributed by atoms with E-state index >= 15 is 0 Å². The number of aromatic nitrogens is 2. The number of halogens is 1. The molecule has 32 heavy (non-hydrogen) atoms. The fourth-order valence-electron chi connectivity index (χ4n) is 3.37. The molecule has 1 amide bonds. The predicted molar refractivity (Wildman–Crippen MR) is 122 cm³/mol. The van der Waals surface area contributed by atoms with Crippen molar-refractivity contribution < 1.29 is 13.6 Å². The number of nitrogens with zero attached hydrogens (tertiary/aromatic N) is 2. The zero-order chi connectivity index (χ0) is 22.5. The summed E-state index contributed by atoms with van der Waals surface area (Å²) >= 11 is 0. The van der Waals surface area contributed by atoms with E-state index in [-0.39, 0.29) is 18.0 Å². The third-order valence-corrected chi connectivity index (χ3v) is 5.04. The van der Waals surface area contributed by atoms with Gasteiger partial charge < -0.3 is 20.8 Å². The van der Waals surface area contributed by atoms with Gasteiger partial charge in [0.15, 0.2) is 5.82 Å². The van der Waals surface area contributed by atoms with E-state index in [1.807, 2.05) is 37.5 Å². The molecule has 164 valence electrons. The lowest BCUT2D eigenvalue weighted by molar-refractivity contribution is -0.116. The first-order chi connectivity index (χ1) is 15.5. The zero-order valence-electron chi connectivity index (χ0n) is 17.6. The van der Waals surface area contributed by atoms with Crippen LogP contribution in [0, 0.1) is 5.82 Å². The Morgan fingerprint density at radius 1 is 1.19 bits per heavy atom. The Labute approximate surface area is 185 Å². The Balaban J connectivity index is 1.35. The van der Waals surface area contributed by atoms with E-state index in [0.29, 0.717) is 30.2 Å². The van der Waals surface area contributed by atoms with Gasteiger partial charge in [-0.15, -0.1) is 0 Å². The van der Waals surface area contributed by atoms with E-state index < -0.39 is 5.82 Å². The quantitative estimate of drug-likeness (QED) is 0.378. The standard InChI is InChI=1S/C24H24FN5O2/c1-30-15-20(24(26)29-30)17-6-4-16(5-7-17)14-27-18-8-10-21(25)22(13-18)28-23(31)11-9-19-3-2-12-32-19/h2-8,10,12-13,15,27H,9,11,14H2,1H3,(H2,26,29)(H,28,31). The van der Waals surface area contributed by atoms with Gasteiger partial charge in [0, 0.05) is 43.9 Å². The van der Waals surface area contributed by atoms with Crippen LogP contribution in [0.2, 0.25) is 0 Å². The van der Waals surface area contributed by atoms with Crippen molar-refractivity contribution in [3.63, 3.8) is 0 Å². The Morgan fingerprint density at radius 3 is 2.69 bits per heavy atom. The van der Waals surface area contributed by atoms with Crippen LogP contribution in [0.5, 0.6) is 0 Å². The molecule has 0 radical (unpaired) electrons. The number of nitrogens with two attached hydrogens (primary N) is 1. The molecule has 7 nitrogen and oxygen atoms in total. The molecule has 4 aromatic rings. The highest BCUT2D eigenvalue weighted by atomic mass is 19.1. The fourth-order valence-corrected chi connectivity index (χ4v) is 3.37. The lowest BCUT2D eigenvalue weighted by Crippen LogP contribution is -2.13. The number of aryl methyl sites for hydroxylation is 2. The second-order valence-corrected chi connectivity index (χ2v) is 7.47. The molecular weight excluding hydrogens is 409 g/mol. The summed E-state index contributed by atoms with van der Waals surface area (Å²) in [5, 5.41) is 10.0. The Morgan fingerprint density at radius 2 is 2.00 bits per heavy atom. The zero-order valence-corrected chi connectivity index (χ0v) is 17.6. The summed E-state index contributed by atoms with van der Waals surface area (Å²) in [6.07, 6.45) is 4.10. The van der Waals surface area contributed by atoms with Gasteiger partial charge in [0.2, 0.25) is 5.91 Å². The number of furan rings is 1. The van der Waals surface area contributed by atoms with Crippen LogP contribution in [0.25, 0.3) is 11.1 Å². The number of anilines is 3. The topological polar surface area (TPSA) is 98.1 Å². The molecule has 0 bridgehead atoms. The first kappa shape index (κ1) is 21.2. The van der Waals surface area contributed by atoms with Crippen LogP contribution in [0.3, 0.4) is 0 Å². The van der Waals surface area contributed by atoms with Crippen molar-refractivity contribution in [1.82, 2.24) is 9.78 Å². The van der Waals surface area contributed by atoms with Crippen LogP contribution < -0.4 is 16.4 Å². The van der Waals surface area contributed by atoms with Gasteiger partial charge in [-0.05, 0) is 41.5 Å². The highest BCUT2D eigenvalue weighted by Crippen LogP contribution is 2.25. The van der Waals surface area contributed by atoms with Crippen molar-refractivity contribution in [2.45, 2.75) is 19.4 Å². The van der Waals surface area contributed by atoms with Gasteiger partial charge in [-0.3, -0.25) is 9.48 Å². The number of amides is 1. The molecule has 0 spiro atoms. The third-order valence-electron chi connectivity index (χ3n) is 5.04. The summed E-state index contributed by atoms with van der Waals surface area (Å²) < 4.78 is 21.1. The molecular formula is C24H24FN5O2. The molecule has 2 aromatic carbocycles. The van der Waals surface area contributed by atoms with Crippen LogP contribution >= 0.6 is 0 Å². The maximum Gasteiger partial charge on any atom is 0.224 e. The van der Waals surface area contributed by atoms with Crippen LogP contribution in [0.4, 0.5) is 21.6 Å². The number of hydrogen-bond acceptors (Lipinski definition) is 5. The monoisotopic (exact) mass is 433 g/mol. The number of rotatable bonds is 8. The highest BCUT2D eigenvalue weighted by molar-refractivity contribution is 5.91. The van der Waals surface area contributed by atoms with Crippen molar-refractivity contribution in [2.75, 3.05) is 16.4 Å². The normalized spacial score (nSPS) is 10.8. The SMILES string of the molecule is Cn1cc(-c2ccc(CNc3ccc(F)c(NC(=O)CCc4ccco4)c3)cc2)c(N)n1. The summed E-state index contributed by atoms with van der Waals surface area (Å²) in [5.41, 5.74) is 9.70. The number of carbonyl (C=O) groups is 1. The first-order valence-electron chi connectivity index (χ1n) is 10.2. The molecule has 2 aromatic heterocycles. The van der Waals surface area contributed by atoms with Crippen LogP contribution in [-0.2, 0) is 24.8 Å². The molecule has 2 heterocycles. The van der Waals surface area contributed by atoms with E-state index in [1.54, 1.807) is 35.2 Å². The van der Waals surface area contributed by atoms with Crippen molar-refractivity contribution in [1.29, 1.82) is 0 Å². The van der Waals surface area contributed by atoms with Crippen molar-refractivity contribution in [2.24, 2.45) is 7.05 Å². The van der Waals surface area contributed by atoms with Gasteiger partial charge in [-0.25, -0.2) is 4.39 Å². The van der Waals surface area contributed by atoms with Gasteiger partial charge in [0.05, 0.1) is 12.0 Å². The van der Waals surface area contributed by atoms with Gasteiger partial charge in [-0.2, -0.15) is 5.10 Å². The van der Waals surface area contributed by atoms with E-state index in [4.69, 9.17) is 10.2 Å². The molecule has 4 N–H and O–H groups in total. The van der Waals surface area contributed by atoms with Crippen molar-refractivity contribution >= 4 is 23.1 Å². The summed E-state index contributed by atoms with van der Waals surface area (Å²) in [7, 11) is 1.83. The van der Waals surface area contributed by atoms with Crippen molar-refractivity contribution in [3.05, 3.63) is 84.2 Å². The minimum Gasteiger partial charge on any atom is -0.469 e. The molecule has 0 fully saturated rings.